The maximum atomic E-state index is 12.4. The Balaban J connectivity index is 2.08. The summed E-state index contributed by atoms with van der Waals surface area (Å²) in [5, 5.41) is 11.0. The van der Waals surface area contributed by atoms with Crippen LogP contribution in [0.3, 0.4) is 0 Å². The lowest BCUT2D eigenvalue weighted by molar-refractivity contribution is -0.0734. The molecule has 0 saturated carbocycles. The molecule has 110 valence electrons. The van der Waals surface area contributed by atoms with Crippen LogP contribution in [0.4, 0.5) is 0 Å². The molecule has 4 nitrogen and oxygen atoms in total. The molecular weight excluding hydrogens is 346 g/mol. The van der Waals surface area contributed by atoms with Crippen molar-refractivity contribution in [3.63, 3.8) is 0 Å². The molecule has 1 fully saturated rings. The van der Waals surface area contributed by atoms with Gasteiger partial charge in [-0.15, -0.1) is 0 Å². The average Bonchev–Trinajstić information content (AvgIpc) is 2.38. The summed E-state index contributed by atoms with van der Waals surface area (Å²) >= 11 is 9.21. The number of aliphatic hydroxyl groups is 1. The molecule has 1 aromatic carbocycles. The summed E-state index contributed by atoms with van der Waals surface area (Å²) in [5.74, 6) is -0.145. The number of amides is 1. The van der Waals surface area contributed by atoms with Crippen LogP contribution in [0.15, 0.2) is 22.7 Å². The topological polar surface area (TPSA) is 49.8 Å². The maximum Gasteiger partial charge on any atom is 0.254 e. The zero-order valence-corrected chi connectivity index (χ0v) is 13.6. The lowest BCUT2D eigenvalue weighted by Crippen LogP contribution is -2.47. The third kappa shape index (κ3) is 3.73. The average molecular weight is 363 g/mol. The Labute approximate surface area is 131 Å². The number of nitrogens with zero attached hydrogens (tertiary/aromatic N) is 1. The van der Waals surface area contributed by atoms with Crippen LogP contribution < -0.4 is 0 Å². The van der Waals surface area contributed by atoms with E-state index < -0.39 is 5.60 Å². The fourth-order valence-corrected chi connectivity index (χ4v) is 3.14. The normalized spacial score (nSPS) is 17.8. The van der Waals surface area contributed by atoms with Gasteiger partial charge in [-0.1, -0.05) is 11.6 Å². The van der Waals surface area contributed by atoms with Crippen molar-refractivity contribution in [1.82, 2.24) is 4.90 Å². The van der Waals surface area contributed by atoms with Crippen LogP contribution in [0.5, 0.6) is 0 Å². The van der Waals surface area contributed by atoms with E-state index in [2.05, 4.69) is 15.9 Å². The number of carbonyl (C=O) groups is 1. The molecule has 1 aliphatic heterocycles. The van der Waals surface area contributed by atoms with Crippen molar-refractivity contribution >= 4 is 33.4 Å². The van der Waals surface area contributed by atoms with Gasteiger partial charge in [-0.2, -0.15) is 0 Å². The van der Waals surface area contributed by atoms with E-state index in [0.717, 1.165) is 0 Å². The number of benzene rings is 1. The fourth-order valence-electron chi connectivity index (χ4n) is 2.29. The third-order valence-corrected chi connectivity index (χ3v) is 4.35. The van der Waals surface area contributed by atoms with Gasteiger partial charge >= 0.3 is 0 Å². The molecular formula is C14H17BrClNO3. The van der Waals surface area contributed by atoms with Crippen LogP contribution >= 0.6 is 27.5 Å². The third-order valence-electron chi connectivity index (χ3n) is 3.46. The van der Waals surface area contributed by atoms with Gasteiger partial charge in [-0.05, 0) is 34.1 Å². The highest BCUT2D eigenvalue weighted by atomic mass is 79.9. The van der Waals surface area contributed by atoms with E-state index in [9.17, 15) is 9.90 Å². The first-order valence-electron chi connectivity index (χ1n) is 6.42. The Morgan fingerprint density at radius 3 is 2.75 bits per heavy atom. The van der Waals surface area contributed by atoms with E-state index in [-0.39, 0.29) is 5.91 Å². The molecule has 0 aliphatic carbocycles. The summed E-state index contributed by atoms with van der Waals surface area (Å²) in [6, 6.07) is 5.04. The number of hydrogen-bond donors (Lipinski definition) is 1. The Kier molecular flexibility index (Phi) is 5.07. The molecule has 1 N–H and O–H groups in total. The minimum atomic E-state index is -0.860. The number of halogens is 2. The number of hydrogen-bond acceptors (Lipinski definition) is 3. The van der Waals surface area contributed by atoms with E-state index in [1.807, 2.05) is 0 Å². The van der Waals surface area contributed by atoms with Crippen molar-refractivity contribution in [2.45, 2.75) is 18.4 Å². The summed E-state index contributed by atoms with van der Waals surface area (Å²) in [4.78, 5) is 13.9. The Morgan fingerprint density at radius 1 is 1.50 bits per heavy atom. The number of ether oxygens (including phenoxy) is 1. The molecule has 1 aromatic rings. The van der Waals surface area contributed by atoms with Gasteiger partial charge in [0.1, 0.15) is 0 Å². The maximum absolute atomic E-state index is 12.4. The Hall–Kier alpha value is -0.620. The van der Waals surface area contributed by atoms with Crippen molar-refractivity contribution in [1.29, 1.82) is 0 Å². The van der Waals surface area contributed by atoms with Crippen LogP contribution in [-0.2, 0) is 4.74 Å². The van der Waals surface area contributed by atoms with Crippen LogP contribution in [0.2, 0.25) is 5.02 Å². The Bertz CT molecular complexity index is 503. The lowest BCUT2D eigenvalue weighted by Gasteiger charge is -2.35. The predicted molar refractivity (Wildman–Crippen MR) is 81.1 cm³/mol. The van der Waals surface area contributed by atoms with Crippen molar-refractivity contribution in [3.8, 4) is 0 Å². The summed E-state index contributed by atoms with van der Waals surface area (Å²) in [7, 11) is 1.69. The lowest BCUT2D eigenvalue weighted by atomic mass is 9.94. The first kappa shape index (κ1) is 15.8. The van der Waals surface area contributed by atoms with Crippen LogP contribution in [-0.4, -0.2) is 48.3 Å². The zero-order chi connectivity index (χ0) is 14.8. The van der Waals surface area contributed by atoms with E-state index in [1.54, 1.807) is 30.1 Å². The van der Waals surface area contributed by atoms with E-state index in [4.69, 9.17) is 16.3 Å². The molecule has 0 aromatic heterocycles. The molecule has 0 atom stereocenters. The quantitative estimate of drug-likeness (QED) is 0.899. The summed E-state index contributed by atoms with van der Waals surface area (Å²) < 4.78 is 5.89. The second-order valence-electron chi connectivity index (χ2n) is 5.12. The number of rotatable bonds is 3. The largest absolute Gasteiger partial charge is 0.388 e. The van der Waals surface area contributed by atoms with Crippen LogP contribution in [0.1, 0.15) is 23.2 Å². The van der Waals surface area contributed by atoms with Gasteiger partial charge < -0.3 is 14.7 Å². The molecule has 1 saturated heterocycles. The van der Waals surface area contributed by atoms with Gasteiger partial charge in [0.15, 0.2) is 0 Å². The second kappa shape index (κ2) is 6.43. The van der Waals surface area contributed by atoms with Gasteiger partial charge in [0.05, 0.1) is 11.2 Å². The second-order valence-corrected chi connectivity index (χ2v) is 6.41. The highest BCUT2D eigenvalue weighted by Crippen LogP contribution is 2.25. The van der Waals surface area contributed by atoms with E-state index >= 15 is 0 Å². The van der Waals surface area contributed by atoms with Crippen molar-refractivity contribution < 1.29 is 14.6 Å². The van der Waals surface area contributed by atoms with Gasteiger partial charge in [0.25, 0.3) is 5.91 Å². The zero-order valence-electron chi connectivity index (χ0n) is 11.2. The molecule has 1 heterocycles. The van der Waals surface area contributed by atoms with E-state index in [0.29, 0.717) is 47.7 Å². The van der Waals surface area contributed by atoms with Gasteiger partial charge in [-0.3, -0.25) is 4.79 Å². The molecule has 0 bridgehead atoms. The van der Waals surface area contributed by atoms with Crippen molar-refractivity contribution in [2.75, 3.05) is 26.8 Å². The highest BCUT2D eigenvalue weighted by Gasteiger charge is 2.32. The Morgan fingerprint density at radius 2 is 2.15 bits per heavy atom. The SMILES string of the molecule is CN(CC1(O)CCOCC1)C(=O)c1ccc(Cl)cc1Br. The number of carbonyl (C=O) groups excluding carboxylic acids is 1. The summed E-state index contributed by atoms with van der Waals surface area (Å²) in [6.45, 7) is 1.36. The van der Waals surface area contributed by atoms with E-state index in [1.165, 1.54) is 0 Å². The van der Waals surface area contributed by atoms with Crippen LogP contribution in [0, 0.1) is 0 Å². The monoisotopic (exact) mass is 361 g/mol. The molecule has 1 aliphatic rings. The standard InChI is InChI=1S/C14H17BrClNO3/c1-17(9-14(19)4-6-20-7-5-14)13(18)11-3-2-10(16)8-12(11)15/h2-3,8,19H,4-7,9H2,1H3. The minimum Gasteiger partial charge on any atom is -0.388 e. The molecule has 0 spiro atoms. The van der Waals surface area contributed by atoms with Gasteiger partial charge in [0, 0.05) is 49.1 Å². The van der Waals surface area contributed by atoms with Gasteiger partial charge in [0.2, 0.25) is 0 Å². The van der Waals surface area contributed by atoms with Gasteiger partial charge in [-0.25, -0.2) is 0 Å². The van der Waals surface area contributed by atoms with Crippen molar-refractivity contribution in [3.05, 3.63) is 33.3 Å². The summed E-state index contributed by atoms with van der Waals surface area (Å²) in [5.41, 5.74) is -0.325. The molecule has 6 heteroatoms. The molecule has 2 rings (SSSR count). The van der Waals surface area contributed by atoms with Crippen LogP contribution in [0.25, 0.3) is 0 Å². The molecule has 0 radical (unpaired) electrons. The molecule has 20 heavy (non-hydrogen) atoms. The highest BCUT2D eigenvalue weighted by molar-refractivity contribution is 9.10. The first-order valence-corrected chi connectivity index (χ1v) is 7.59. The fraction of sp³-hybridized carbons (Fsp3) is 0.500. The summed E-state index contributed by atoms with van der Waals surface area (Å²) in [6.07, 6.45) is 1.10. The molecule has 0 unspecified atom stereocenters. The first-order chi connectivity index (χ1) is 9.41. The predicted octanol–water partition coefficient (Wildman–Crippen LogP) is 2.72. The smallest absolute Gasteiger partial charge is 0.254 e. The minimum absolute atomic E-state index is 0.145. The van der Waals surface area contributed by atoms with Crippen molar-refractivity contribution in [2.24, 2.45) is 0 Å². The molecule has 1 amide bonds. The number of likely N-dealkylation sites (N-methyl/N-ethyl adjacent to an activating group) is 1.